The average molecular weight is 367 g/mol. The lowest BCUT2D eigenvalue weighted by molar-refractivity contribution is 0.627. The smallest absolute Gasteiger partial charge is 0.227 e. The van der Waals surface area contributed by atoms with Gasteiger partial charge in [0.25, 0.3) is 0 Å². The maximum Gasteiger partial charge on any atom is 0.227 e. The summed E-state index contributed by atoms with van der Waals surface area (Å²) in [6, 6.07) is 7.58. The topological polar surface area (TPSA) is 49.8 Å². The normalized spacial score (nSPS) is 13.7. The molecule has 0 unspecified atom stereocenters. The van der Waals surface area contributed by atoms with Gasteiger partial charge in [0.15, 0.2) is 0 Å². The van der Waals surface area contributed by atoms with Crippen molar-refractivity contribution in [2.45, 2.75) is 39.2 Å². The Morgan fingerprint density at radius 3 is 2.75 bits per heavy atom. The minimum atomic E-state index is 0. The van der Waals surface area contributed by atoms with E-state index in [1.807, 2.05) is 30.5 Å². The molecule has 0 saturated heterocycles. The van der Waals surface area contributed by atoms with Crippen molar-refractivity contribution < 1.29 is 0 Å². The molecule has 4 nitrogen and oxygen atoms in total. The van der Waals surface area contributed by atoms with Gasteiger partial charge in [-0.3, -0.25) is 0 Å². The quantitative estimate of drug-likeness (QED) is 0.729. The number of halogens is 2. The summed E-state index contributed by atoms with van der Waals surface area (Å²) in [5.74, 6) is 1.85. The first kappa shape index (κ1) is 19.0. The minimum Gasteiger partial charge on any atom is -0.324 e. The van der Waals surface area contributed by atoms with Crippen molar-refractivity contribution in [2.75, 3.05) is 11.9 Å². The fourth-order valence-electron chi connectivity index (χ4n) is 2.54. The molecule has 2 aromatic rings. The number of aromatic nitrogens is 2. The van der Waals surface area contributed by atoms with Crippen molar-refractivity contribution in [1.29, 1.82) is 0 Å². The van der Waals surface area contributed by atoms with E-state index in [1.54, 1.807) is 0 Å². The van der Waals surface area contributed by atoms with Crippen LogP contribution in [0.25, 0.3) is 0 Å². The molecule has 2 N–H and O–H groups in total. The molecule has 0 radical (unpaired) electrons. The van der Waals surface area contributed by atoms with Gasteiger partial charge in [-0.2, -0.15) is 0 Å². The second-order valence-electron chi connectivity index (χ2n) is 6.47. The summed E-state index contributed by atoms with van der Waals surface area (Å²) in [7, 11) is 0. The molecule has 1 aliphatic rings. The Balaban J connectivity index is 0.00000208. The number of anilines is 2. The summed E-state index contributed by atoms with van der Waals surface area (Å²) in [6.07, 6.45) is 4.65. The first-order valence-electron chi connectivity index (χ1n) is 8.21. The van der Waals surface area contributed by atoms with Crippen molar-refractivity contribution in [3.63, 3.8) is 0 Å². The molecule has 0 spiro atoms. The maximum absolute atomic E-state index is 6.02. The van der Waals surface area contributed by atoms with Gasteiger partial charge in [0, 0.05) is 29.0 Å². The summed E-state index contributed by atoms with van der Waals surface area (Å²) >= 11 is 6.02. The third-order valence-corrected chi connectivity index (χ3v) is 4.21. The molecule has 0 atom stereocenters. The summed E-state index contributed by atoms with van der Waals surface area (Å²) in [5, 5.41) is 7.44. The lowest BCUT2D eigenvalue weighted by atomic mass is 10.1. The van der Waals surface area contributed by atoms with Crippen LogP contribution < -0.4 is 10.6 Å². The molecule has 1 heterocycles. The number of hydrogen-bond donors (Lipinski definition) is 2. The van der Waals surface area contributed by atoms with Gasteiger partial charge in [0.1, 0.15) is 0 Å². The minimum absolute atomic E-state index is 0. The Morgan fingerprint density at radius 2 is 2.08 bits per heavy atom. The van der Waals surface area contributed by atoms with Crippen molar-refractivity contribution >= 4 is 35.6 Å². The van der Waals surface area contributed by atoms with Crippen LogP contribution in [0, 0.1) is 5.92 Å². The van der Waals surface area contributed by atoms with Crippen molar-refractivity contribution in [3.8, 4) is 0 Å². The molecule has 3 rings (SSSR count). The highest BCUT2D eigenvalue weighted by atomic mass is 35.5. The second-order valence-corrected chi connectivity index (χ2v) is 6.90. The monoisotopic (exact) mass is 366 g/mol. The van der Waals surface area contributed by atoms with Gasteiger partial charge in [0.05, 0.1) is 5.69 Å². The molecule has 1 aromatic carbocycles. The first-order chi connectivity index (χ1) is 11.1. The Morgan fingerprint density at radius 1 is 1.29 bits per heavy atom. The predicted octanol–water partition coefficient (Wildman–Crippen LogP) is 4.92. The van der Waals surface area contributed by atoms with Crippen LogP contribution in [0.1, 0.15) is 43.9 Å². The third kappa shape index (κ3) is 5.33. The molecule has 0 bridgehead atoms. The van der Waals surface area contributed by atoms with Crippen LogP contribution in [-0.4, -0.2) is 16.5 Å². The van der Waals surface area contributed by atoms with Crippen LogP contribution in [0.3, 0.4) is 0 Å². The number of benzene rings is 1. The van der Waals surface area contributed by atoms with Gasteiger partial charge in [-0.1, -0.05) is 31.5 Å². The Hall–Kier alpha value is -1.36. The predicted molar refractivity (Wildman–Crippen MR) is 103 cm³/mol. The van der Waals surface area contributed by atoms with E-state index in [0.717, 1.165) is 30.4 Å². The second kappa shape index (κ2) is 8.65. The molecule has 24 heavy (non-hydrogen) atoms. The van der Waals surface area contributed by atoms with Crippen LogP contribution in [0.4, 0.5) is 11.6 Å². The van der Waals surface area contributed by atoms with E-state index >= 15 is 0 Å². The molecule has 1 fully saturated rings. The lowest BCUT2D eigenvalue weighted by Crippen LogP contribution is -2.18. The number of hydrogen-bond acceptors (Lipinski definition) is 4. The van der Waals surface area contributed by atoms with Crippen LogP contribution in [0.2, 0.25) is 5.02 Å². The van der Waals surface area contributed by atoms with Crippen LogP contribution in [-0.2, 0) is 6.54 Å². The molecule has 0 amide bonds. The fraction of sp³-hybridized carbons (Fsp3) is 0.444. The lowest BCUT2D eigenvalue weighted by Gasteiger charge is -2.14. The molecule has 1 aromatic heterocycles. The zero-order valence-electron chi connectivity index (χ0n) is 14.1. The van der Waals surface area contributed by atoms with E-state index in [9.17, 15) is 0 Å². The van der Waals surface area contributed by atoms with E-state index in [0.29, 0.717) is 16.9 Å². The molecular formula is C18H24Cl2N4. The fourth-order valence-corrected chi connectivity index (χ4v) is 2.73. The first-order valence-corrected chi connectivity index (χ1v) is 8.58. The highest BCUT2D eigenvalue weighted by Crippen LogP contribution is 2.28. The highest BCUT2D eigenvalue weighted by Gasteiger charge is 2.20. The van der Waals surface area contributed by atoms with E-state index in [4.69, 9.17) is 16.6 Å². The van der Waals surface area contributed by atoms with Crippen molar-refractivity contribution in [1.82, 2.24) is 15.3 Å². The number of nitrogens with zero attached hydrogens (tertiary/aromatic N) is 2. The van der Waals surface area contributed by atoms with Crippen LogP contribution in [0.15, 0.2) is 30.5 Å². The molecule has 130 valence electrons. The van der Waals surface area contributed by atoms with E-state index in [-0.39, 0.29) is 12.4 Å². The zero-order valence-corrected chi connectivity index (χ0v) is 15.6. The van der Waals surface area contributed by atoms with Gasteiger partial charge < -0.3 is 10.6 Å². The Bertz CT molecular complexity index is 672. The summed E-state index contributed by atoms with van der Waals surface area (Å²) in [5.41, 5.74) is 3.16. The van der Waals surface area contributed by atoms with Crippen molar-refractivity contribution in [2.24, 2.45) is 5.92 Å². The van der Waals surface area contributed by atoms with Gasteiger partial charge >= 0.3 is 0 Å². The Labute approximate surface area is 154 Å². The van der Waals surface area contributed by atoms with Gasteiger partial charge in [-0.15, -0.1) is 12.4 Å². The summed E-state index contributed by atoms with van der Waals surface area (Å²) in [4.78, 5) is 9.16. The van der Waals surface area contributed by atoms with E-state index in [2.05, 4.69) is 29.5 Å². The molecule has 6 heteroatoms. The summed E-state index contributed by atoms with van der Waals surface area (Å²) in [6.45, 7) is 6.26. The third-order valence-electron chi connectivity index (χ3n) is 3.97. The summed E-state index contributed by atoms with van der Waals surface area (Å²) < 4.78 is 0. The Kier molecular flexibility index (Phi) is 6.84. The van der Waals surface area contributed by atoms with Gasteiger partial charge in [-0.25, -0.2) is 9.97 Å². The van der Waals surface area contributed by atoms with E-state index in [1.165, 1.54) is 18.4 Å². The van der Waals surface area contributed by atoms with Gasteiger partial charge in [0.2, 0.25) is 5.95 Å². The zero-order chi connectivity index (χ0) is 16.2. The highest BCUT2D eigenvalue weighted by molar-refractivity contribution is 6.30. The molecular weight excluding hydrogens is 343 g/mol. The average Bonchev–Trinajstić information content (AvgIpc) is 3.32. The largest absolute Gasteiger partial charge is 0.324 e. The molecule has 1 saturated carbocycles. The van der Waals surface area contributed by atoms with E-state index < -0.39 is 0 Å². The molecule has 0 aliphatic heterocycles. The standard InChI is InChI=1S/C18H23ClN4.ClH/c1-12(2)17-14(10-20-9-13-6-7-13)11-21-18(23-17)22-16-5-3-4-15(19)8-16;/h3-5,8,11-13,20H,6-7,9-10H2,1-2H3,(H,21,22,23);1H. The number of rotatable bonds is 7. The van der Waals surface area contributed by atoms with Crippen LogP contribution in [0.5, 0.6) is 0 Å². The van der Waals surface area contributed by atoms with Crippen molar-refractivity contribution in [3.05, 3.63) is 46.7 Å². The number of nitrogens with one attached hydrogen (secondary N) is 2. The SMILES string of the molecule is CC(C)c1nc(Nc2cccc(Cl)c2)ncc1CNCC1CC1.Cl. The maximum atomic E-state index is 6.02. The van der Waals surface area contributed by atoms with Crippen LogP contribution >= 0.6 is 24.0 Å². The molecule has 1 aliphatic carbocycles. The van der Waals surface area contributed by atoms with Gasteiger partial charge in [-0.05, 0) is 49.4 Å².